The number of thiophene rings is 1. The number of nitrogens with zero attached hydrogens (tertiary/aromatic N) is 2. The number of hydrogen-bond donors (Lipinski definition) is 1. The second-order valence-electron chi connectivity index (χ2n) is 7.88. The van der Waals surface area contributed by atoms with Crippen LogP contribution in [-0.2, 0) is 11.3 Å². The van der Waals surface area contributed by atoms with E-state index in [0.717, 1.165) is 34.4 Å². The molecule has 0 aliphatic carbocycles. The molecule has 1 saturated heterocycles. The van der Waals surface area contributed by atoms with Gasteiger partial charge in [-0.2, -0.15) is 0 Å². The van der Waals surface area contributed by atoms with Crippen molar-refractivity contribution < 1.29 is 9.18 Å². The molecule has 1 aliphatic rings. The van der Waals surface area contributed by atoms with Gasteiger partial charge in [-0.25, -0.2) is 4.39 Å². The summed E-state index contributed by atoms with van der Waals surface area (Å²) in [5, 5.41) is 5.90. The number of benzene rings is 1. The summed E-state index contributed by atoms with van der Waals surface area (Å²) in [4.78, 5) is 16.2. The zero-order chi connectivity index (χ0) is 20.2. The van der Waals surface area contributed by atoms with Crippen LogP contribution in [0.4, 0.5) is 4.39 Å². The first kappa shape index (κ1) is 20.1. The molecule has 0 bridgehead atoms. The predicted molar refractivity (Wildman–Crippen MR) is 118 cm³/mol. The van der Waals surface area contributed by atoms with Crippen molar-refractivity contribution >= 4 is 28.1 Å². The molecule has 1 amide bonds. The van der Waals surface area contributed by atoms with Crippen LogP contribution in [0.1, 0.15) is 32.6 Å². The van der Waals surface area contributed by atoms with Crippen LogP contribution in [0.3, 0.4) is 0 Å². The minimum Gasteiger partial charge on any atom is -0.355 e. The van der Waals surface area contributed by atoms with E-state index in [9.17, 15) is 9.18 Å². The van der Waals surface area contributed by atoms with E-state index in [0.29, 0.717) is 12.6 Å². The Labute approximate surface area is 175 Å². The van der Waals surface area contributed by atoms with E-state index in [1.54, 1.807) is 17.4 Å². The average molecular weight is 414 g/mol. The fourth-order valence-corrected chi connectivity index (χ4v) is 4.99. The first-order valence-electron chi connectivity index (χ1n) is 10.5. The maximum atomic E-state index is 13.7. The Hall–Kier alpha value is -2.18. The largest absolute Gasteiger partial charge is 0.355 e. The Bertz CT molecular complexity index is 966. The molecular weight excluding hydrogens is 385 g/mol. The third-order valence-electron chi connectivity index (χ3n) is 5.82. The van der Waals surface area contributed by atoms with E-state index >= 15 is 0 Å². The SMILES string of the molecule is C[C@H]1CCCCN1CCCNC(=O)Cn1c(-c2cccs2)cc2cc(F)ccc21. The number of carbonyl (C=O) groups is 1. The van der Waals surface area contributed by atoms with Crippen molar-refractivity contribution in [3.8, 4) is 10.6 Å². The monoisotopic (exact) mass is 413 g/mol. The minimum atomic E-state index is -0.260. The fourth-order valence-electron chi connectivity index (χ4n) is 4.24. The summed E-state index contributed by atoms with van der Waals surface area (Å²) in [6.07, 6.45) is 4.85. The summed E-state index contributed by atoms with van der Waals surface area (Å²) >= 11 is 1.62. The molecule has 2 aromatic heterocycles. The Kier molecular flexibility index (Phi) is 6.31. The molecule has 6 heteroatoms. The van der Waals surface area contributed by atoms with Crippen LogP contribution in [0.15, 0.2) is 41.8 Å². The number of halogens is 1. The van der Waals surface area contributed by atoms with Gasteiger partial charge < -0.3 is 14.8 Å². The molecule has 4 nitrogen and oxygen atoms in total. The highest BCUT2D eigenvalue weighted by molar-refractivity contribution is 7.13. The molecule has 4 rings (SSSR count). The number of likely N-dealkylation sites (tertiary alicyclic amines) is 1. The summed E-state index contributed by atoms with van der Waals surface area (Å²) < 4.78 is 15.7. The van der Waals surface area contributed by atoms with Crippen LogP contribution in [-0.4, -0.2) is 41.1 Å². The van der Waals surface area contributed by atoms with Gasteiger partial charge in [0, 0.05) is 30.0 Å². The van der Waals surface area contributed by atoms with Gasteiger partial charge in [-0.15, -0.1) is 11.3 Å². The zero-order valence-electron chi connectivity index (χ0n) is 16.9. The van der Waals surface area contributed by atoms with E-state index in [2.05, 4.69) is 17.1 Å². The Balaban J connectivity index is 1.40. The minimum absolute atomic E-state index is 0.00340. The highest BCUT2D eigenvalue weighted by Gasteiger charge is 2.18. The molecule has 1 aliphatic heterocycles. The number of nitrogens with one attached hydrogen (secondary N) is 1. The van der Waals surface area contributed by atoms with Gasteiger partial charge in [-0.05, 0) is 68.4 Å². The molecule has 1 fully saturated rings. The lowest BCUT2D eigenvalue weighted by atomic mass is 10.0. The molecule has 1 atom stereocenters. The number of aromatic nitrogens is 1. The van der Waals surface area contributed by atoms with E-state index in [1.807, 2.05) is 28.1 Å². The zero-order valence-corrected chi connectivity index (χ0v) is 17.7. The molecule has 0 radical (unpaired) electrons. The Morgan fingerprint density at radius 2 is 2.17 bits per heavy atom. The lowest BCUT2D eigenvalue weighted by Gasteiger charge is -2.33. The molecule has 29 heavy (non-hydrogen) atoms. The van der Waals surface area contributed by atoms with Crippen molar-refractivity contribution in [2.24, 2.45) is 0 Å². The van der Waals surface area contributed by atoms with Gasteiger partial charge in [0.1, 0.15) is 12.4 Å². The molecule has 1 aromatic carbocycles. The van der Waals surface area contributed by atoms with E-state index in [1.165, 1.54) is 37.9 Å². The number of piperidine rings is 1. The summed E-state index contributed by atoms with van der Waals surface area (Å²) in [7, 11) is 0. The van der Waals surface area contributed by atoms with Gasteiger partial charge >= 0.3 is 0 Å². The van der Waals surface area contributed by atoms with Crippen molar-refractivity contribution in [1.82, 2.24) is 14.8 Å². The van der Waals surface area contributed by atoms with Gasteiger partial charge in [0.25, 0.3) is 0 Å². The Morgan fingerprint density at radius 1 is 1.28 bits per heavy atom. The van der Waals surface area contributed by atoms with Crippen LogP contribution in [0.25, 0.3) is 21.5 Å². The molecule has 154 valence electrons. The lowest BCUT2D eigenvalue weighted by Crippen LogP contribution is -2.39. The smallest absolute Gasteiger partial charge is 0.239 e. The highest BCUT2D eigenvalue weighted by atomic mass is 32.1. The van der Waals surface area contributed by atoms with Crippen molar-refractivity contribution in [2.75, 3.05) is 19.6 Å². The summed E-state index contributed by atoms with van der Waals surface area (Å²) in [6, 6.07) is 11.4. The quantitative estimate of drug-likeness (QED) is 0.560. The molecule has 3 heterocycles. The van der Waals surface area contributed by atoms with Gasteiger partial charge in [0.15, 0.2) is 0 Å². The third-order valence-corrected chi connectivity index (χ3v) is 6.72. The van der Waals surface area contributed by atoms with E-state index in [4.69, 9.17) is 0 Å². The van der Waals surface area contributed by atoms with Crippen LogP contribution in [0, 0.1) is 5.82 Å². The molecule has 0 unspecified atom stereocenters. The topological polar surface area (TPSA) is 37.3 Å². The summed E-state index contributed by atoms with van der Waals surface area (Å²) in [5.74, 6) is -0.264. The molecular formula is C23H28FN3OS. The van der Waals surface area contributed by atoms with E-state index < -0.39 is 0 Å². The average Bonchev–Trinajstić information content (AvgIpc) is 3.34. The van der Waals surface area contributed by atoms with Crippen LogP contribution in [0.5, 0.6) is 0 Å². The maximum Gasteiger partial charge on any atom is 0.239 e. The van der Waals surface area contributed by atoms with Crippen molar-refractivity contribution in [3.05, 3.63) is 47.6 Å². The van der Waals surface area contributed by atoms with Crippen molar-refractivity contribution in [1.29, 1.82) is 0 Å². The number of amides is 1. The predicted octanol–water partition coefficient (Wildman–Crippen LogP) is 4.89. The lowest BCUT2D eigenvalue weighted by molar-refractivity contribution is -0.121. The molecule has 1 N–H and O–H groups in total. The molecule has 3 aromatic rings. The first-order chi connectivity index (χ1) is 14.1. The van der Waals surface area contributed by atoms with Gasteiger partial charge in [0.05, 0.1) is 10.6 Å². The van der Waals surface area contributed by atoms with Crippen LogP contribution in [0.2, 0.25) is 0 Å². The Morgan fingerprint density at radius 3 is 2.97 bits per heavy atom. The summed E-state index contributed by atoms with van der Waals surface area (Å²) in [5.41, 5.74) is 1.84. The van der Waals surface area contributed by atoms with Crippen molar-refractivity contribution in [3.63, 3.8) is 0 Å². The van der Waals surface area contributed by atoms with Crippen LogP contribution < -0.4 is 5.32 Å². The van der Waals surface area contributed by atoms with Crippen LogP contribution >= 0.6 is 11.3 Å². The van der Waals surface area contributed by atoms with Gasteiger partial charge in [-0.3, -0.25) is 4.79 Å². The number of hydrogen-bond acceptors (Lipinski definition) is 3. The van der Waals surface area contributed by atoms with Crippen molar-refractivity contribution in [2.45, 2.75) is 45.2 Å². The highest BCUT2D eigenvalue weighted by Crippen LogP contribution is 2.31. The molecule has 0 spiro atoms. The second-order valence-corrected chi connectivity index (χ2v) is 8.83. The fraction of sp³-hybridized carbons (Fsp3) is 0.435. The summed E-state index contributed by atoms with van der Waals surface area (Å²) in [6.45, 7) is 5.43. The van der Waals surface area contributed by atoms with Gasteiger partial charge in [-0.1, -0.05) is 12.5 Å². The number of fused-ring (bicyclic) bond motifs is 1. The maximum absolute atomic E-state index is 13.7. The second kappa shape index (κ2) is 9.09. The number of rotatable bonds is 7. The molecule has 0 saturated carbocycles. The van der Waals surface area contributed by atoms with E-state index in [-0.39, 0.29) is 18.3 Å². The third kappa shape index (κ3) is 4.70. The normalized spacial score (nSPS) is 17.7. The number of carbonyl (C=O) groups excluding carboxylic acids is 1. The standard InChI is InChI=1S/C23H28FN3OS/c1-17-6-2-3-11-26(17)12-5-10-25-23(28)16-27-20-9-8-19(24)14-18(20)15-21(27)22-7-4-13-29-22/h4,7-9,13-15,17H,2-3,5-6,10-12,16H2,1H3,(H,25,28)/t17-/m0/s1. The first-order valence-corrected chi connectivity index (χ1v) is 11.3. The van der Waals surface area contributed by atoms with Gasteiger partial charge in [0.2, 0.25) is 5.91 Å².